The summed E-state index contributed by atoms with van der Waals surface area (Å²) >= 11 is 5.92. The van der Waals surface area contributed by atoms with E-state index in [0.717, 1.165) is 11.1 Å². The van der Waals surface area contributed by atoms with Crippen LogP contribution in [-0.4, -0.2) is 34.8 Å². The highest BCUT2D eigenvalue weighted by molar-refractivity contribution is 6.30. The lowest BCUT2D eigenvalue weighted by Crippen LogP contribution is -2.31. The van der Waals surface area contributed by atoms with Crippen LogP contribution in [0.4, 0.5) is 0 Å². The standard InChI is InChI=1S/C18H17ClN4O2/c1-25-11-16(13-3-2-8-20-9-13)22-18(24)15-10-21-23-17(15)12-4-6-14(19)7-5-12/h2-10,16H,11H2,1H3,(H,21,23)(H,22,24)/t16-/m1/s1. The summed E-state index contributed by atoms with van der Waals surface area (Å²) in [7, 11) is 1.59. The molecule has 0 aliphatic heterocycles. The Morgan fingerprint density at radius 1 is 1.28 bits per heavy atom. The summed E-state index contributed by atoms with van der Waals surface area (Å²) in [5.41, 5.74) is 2.79. The third-order valence-corrected chi connectivity index (χ3v) is 3.99. The lowest BCUT2D eigenvalue weighted by molar-refractivity contribution is 0.0897. The van der Waals surface area contributed by atoms with Crippen molar-refractivity contribution in [3.8, 4) is 11.3 Å². The van der Waals surface area contributed by atoms with E-state index in [4.69, 9.17) is 16.3 Å². The number of hydrogen-bond acceptors (Lipinski definition) is 4. The highest BCUT2D eigenvalue weighted by atomic mass is 35.5. The Morgan fingerprint density at radius 3 is 2.76 bits per heavy atom. The molecule has 2 N–H and O–H groups in total. The van der Waals surface area contributed by atoms with E-state index in [0.29, 0.717) is 22.9 Å². The third kappa shape index (κ3) is 4.04. The predicted octanol–water partition coefficient (Wildman–Crippen LogP) is 3.24. The molecule has 0 radical (unpaired) electrons. The van der Waals surface area contributed by atoms with Crippen molar-refractivity contribution < 1.29 is 9.53 Å². The molecule has 128 valence electrons. The zero-order valence-corrected chi connectivity index (χ0v) is 14.3. The maximum Gasteiger partial charge on any atom is 0.255 e. The van der Waals surface area contributed by atoms with Crippen molar-refractivity contribution in [2.24, 2.45) is 0 Å². The average molecular weight is 357 g/mol. The number of amides is 1. The highest BCUT2D eigenvalue weighted by Gasteiger charge is 2.20. The number of ether oxygens (including phenoxy) is 1. The van der Waals surface area contributed by atoms with E-state index in [-0.39, 0.29) is 11.9 Å². The SMILES string of the molecule is COC[C@@H](NC(=O)c1cn[nH]c1-c1ccc(Cl)cc1)c1cccnc1. The quantitative estimate of drug-likeness (QED) is 0.710. The van der Waals surface area contributed by atoms with Crippen LogP contribution in [0, 0.1) is 0 Å². The molecule has 2 heterocycles. The van der Waals surface area contributed by atoms with Gasteiger partial charge in [-0.1, -0.05) is 29.8 Å². The summed E-state index contributed by atoms with van der Waals surface area (Å²) in [6, 6.07) is 10.6. The molecule has 1 aromatic carbocycles. The van der Waals surface area contributed by atoms with E-state index in [9.17, 15) is 4.79 Å². The minimum Gasteiger partial charge on any atom is -0.382 e. The molecule has 3 rings (SSSR count). The number of aromatic amines is 1. The number of nitrogens with one attached hydrogen (secondary N) is 2. The first-order valence-electron chi connectivity index (χ1n) is 7.68. The van der Waals surface area contributed by atoms with Crippen LogP contribution < -0.4 is 5.32 Å². The molecule has 0 saturated carbocycles. The lowest BCUT2D eigenvalue weighted by Gasteiger charge is -2.18. The first-order chi connectivity index (χ1) is 12.2. The molecule has 1 amide bonds. The molecule has 0 unspecified atom stereocenters. The van der Waals surface area contributed by atoms with Gasteiger partial charge in [0.25, 0.3) is 5.91 Å². The van der Waals surface area contributed by atoms with Gasteiger partial charge in [0.2, 0.25) is 0 Å². The maximum atomic E-state index is 12.8. The number of methoxy groups -OCH3 is 1. The number of nitrogens with zero attached hydrogens (tertiary/aromatic N) is 2. The number of hydrogen-bond donors (Lipinski definition) is 2. The van der Waals surface area contributed by atoms with Crippen LogP contribution in [0.5, 0.6) is 0 Å². The zero-order chi connectivity index (χ0) is 17.6. The smallest absolute Gasteiger partial charge is 0.255 e. The topological polar surface area (TPSA) is 79.9 Å². The van der Waals surface area contributed by atoms with Crippen LogP contribution in [0.2, 0.25) is 5.02 Å². The van der Waals surface area contributed by atoms with Gasteiger partial charge >= 0.3 is 0 Å². The first-order valence-corrected chi connectivity index (χ1v) is 8.06. The van der Waals surface area contributed by atoms with Crippen LogP contribution >= 0.6 is 11.6 Å². The van der Waals surface area contributed by atoms with E-state index < -0.39 is 0 Å². The highest BCUT2D eigenvalue weighted by Crippen LogP contribution is 2.23. The Bertz CT molecular complexity index is 834. The number of benzene rings is 1. The van der Waals surface area contributed by atoms with Crippen molar-refractivity contribution in [2.45, 2.75) is 6.04 Å². The maximum absolute atomic E-state index is 12.8. The van der Waals surface area contributed by atoms with E-state index in [1.54, 1.807) is 31.6 Å². The van der Waals surface area contributed by atoms with E-state index in [2.05, 4.69) is 20.5 Å². The summed E-state index contributed by atoms with van der Waals surface area (Å²) in [5, 5.41) is 10.5. The number of halogens is 1. The van der Waals surface area contributed by atoms with Crippen molar-refractivity contribution in [1.82, 2.24) is 20.5 Å². The molecule has 0 aliphatic rings. The molecule has 1 atom stereocenters. The van der Waals surface area contributed by atoms with Crippen LogP contribution in [-0.2, 0) is 4.74 Å². The summed E-state index contributed by atoms with van der Waals surface area (Å²) < 4.78 is 5.22. The van der Waals surface area contributed by atoms with Crippen molar-refractivity contribution in [1.29, 1.82) is 0 Å². The van der Waals surface area contributed by atoms with E-state index in [1.807, 2.05) is 24.3 Å². The summed E-state index contributed by atoms with van der Waals surface area (Å²) in [4.78, 5) is 16.8. The normalized spacial score (nSPS) is 11.9. The monoisotopic (exact) mass is 356 g/mol. The number of pyridine rings is 1. The minimum absolute atomic E-state index is 0.246. The van der Waals surface area contributed by atoms with Gasteiger partial charge in [-0.15, -0.1) is 0 Å². The Labute approximate surface area is 150 Å². The number of carbonyl (C=O) groups excluding carboxylic acids is 1. The molecule has 0 aliphatic carbocycles. The van der Waals surface area contributed by atoms with E-state index in [1.165, 1.54) is 6.20 Å². The van der Waals surface area contributed by atoms with Gasteiger partial charge in [-0.25, -0.2) is 0 Å². The Hall–Kier alpha value is -2.70. The van der Waals surface area contributed by atoms with Gasteiger partial charge in [-0.3, -0.25) is 14.9 Å². The van der Waals surface area contributed by atoms with Crippen LogP contribution in [0.1, 0.15) is 22.0 Å². The van der Waals surface area contributed by atoms with Gasteiger partial charge in [-0.2, -0.15) is 5.10 Å². The fraction of sp³-hybridized carbons (Fsp3) is 0.167. The van der Waals surface area contributed by atoms with Crippen molar-refractivity contribution >= 4 is 17.5 Å². The third-order valence-electron chi connectivity index (χ3n) is 3.74. The fourth-order valence-electron chi connectivity index (χ4n) is 2.50. The number of rotatable bonds is 6. The minimum atomic E-state index is -0.306. The number of aromatic nitrogens is 3. The summed E-state index contributed by atoms with van der Waals surface area (Å²) in [6.07, 6.45) is 4.90. The predicted molar refractivity (Wildman–Crippen MR) is 95.4 cm³/mol. The molecule has 0 saturated heterocycles. The lowest BCUT2D eigenvalue weighted by atomic mass is 10.1. The van der Waals surface area contributed by atoms with Gasteiger partial charge in [0, 0.05) is 30.1 Å². The molecule has 2 aromatic heterocycles. The Balaban J connectivity index is 1.83. The van der Waals surface area contributed by atoms with Gasteiger partial charge in [0.15, 0.2) is 0 Å². The van der Waals surface area contributed by atoms with Crippen molar-refractivity contribution in [3.05, 3.63) is 71.1 Å². The van der Waals surface area contributed by atoms with E-state index >= 15 is 0 Å². The Morgan fingerprint density at radius 2 is 2.08 bits per heavy atom. The molecule has 6 nitrogen and oxygen atoms in total. The number of carbonyl (C=O) groups is 1. The molecule has 7 heteroatoms. The second-order valence-corrected chi connectivity index (χ2v) is 5.87. The van der Waals surface area contributed by atoms with Gasteiger partial charge in [0.1, 0.15) is 0 Å². The van der Waals surface area contributed by atoms with Gasteiger partial charge < -0.3 is 10.1 Å². The van der Waals surface area contributed by atoms with Gasteiger partial charge in [0.05, 0.1) is 30.1 Å². The van der Waals surface area contributed by atoms with Gasteiger partial charge in [-0.05, 0) is 23.8 Å². The Kier molecular flexibility index (Phi) is 5.42. The van der Waals surface area contributed by atoms with Crippen molar-refractivity contribution in [2.75, 3.05) is 13.7 Å². The molecule has 0 bridgehead atoms. The second-order valence-electron chi connectivity index (χ2n) is 5.43. The molecule has 0 spiro atoms. The first kappa shape index (κ1) is 17.1. The average Bonchev–Trinajstić information content (AvgIpc) is 3.12. The molecule has 3 aromatic rings. The summed E-state index contributed by atoms with van der Waals surface area (Å²) in [5.74, 6) is -0.246. The molecule has 0 fully saturated rings. The van der Waals surface area contributed by atoms with Crippen LogP contribution in [0.3, 0.4) is 0 Å². The number of H-pyrrole nitrogens is 1. The van der Waals surface area contributed by atoms with Crippen molar-refractivity contribution in [3.63, 3.8) is 0 Å². The fourth-order valence-corrected chi connectivity index (χ4v) is 2.63. The molecular weight excluding hydrogens is 340 g/mol. The second kappa shape index (κ2) is 7.92. The summed E-state index contributed by atoms with van der Waals surface area (Å²) in [6.45, 7) is 0.339. The zero-order valence-electron chi connectivity index (χ0n) is 13.6. The molecular formula is C18H17ClN4O2. The van der Waals surface area contributed by atoms with Crippen LogP contribution in [0.25, 0.3) is 11.3 Å². The van der Waals surface area contributed by atoms with Crippen LogP contribution in [0.15, 0.2) is 55.0 Å². The largest absolute Gasteiger partial charge is 0.382 e. The molecule has 25 heavy (non-hydrogen) atoms.